The summed E-state index contributed by atoms with van der Waals surface area (Å²) in [5.74, 6) is -0.801. The summed E-state index contributed by atoms with van der Waals surface area (Å²) in [5, 5.41) is 3.15. The molecule has 0 aromatic heterocycles. The average Bonchev–Trinajstić information content (AvgIpc) is 2.71. The molecular weight excluding hydrogens is 243 g/mol. The second kappa shape index (κ2) is 5.78. The largest absolute Gasteiger partial charge is 0.393 e. The standard InChI is InChI=1S/C13H22F3NO/c1-9-10(6-7-18-9)8-17-12-5-3-2-4-11(12)13(14,15)16/h9-12,17H,2-8H2,1H3. The third-order valence-corrected chi connectivity index (χ3v) is 4.36. The van der Waals surface area contributed by atoms with Gasteiger partial charge in [-0.05, 0) is 32.1 Å². The normalized spacial score (nSPS) is 38.0. The zero-order chi connectivity index (χ0) is 13.2. The molecule has 1 aliphatic heterocycles. The molecule has 0 amide bonds. The Morgan fingerprint density at radius 1 is 1.17 bits per heavy atom. The van der Waals surface area contributed by atoms with Crippen LogP contribution >= 0.6 is 0 Å². The van der Waals surface area contributed by atoms with Crippen LogP contribution in [-0.2, 0) is 4.74 Å². The van der Waals surface area contributed by atoms with Crippen molar-refractivity contribution in [2.75, 3.05) is 13.2 Å². The first-order chi connectivity index (χ1) is 8.48. The highest BCUT2D eigenvalue weighted by Crippen LogP contribution is 2.37. The van der Waals surface area contributed by atoms with E-state index in [4.69, 9.17) is 4.74 Å². The number of halogens is 3. The average molecular weight is 265 g/mol. The molecule has 1 heterocycles. The van der Waals surface area contributed by atoms with Gasteiger partial charge in [-0.2, -0.15) is 13.2 Å². The van der Waals surface area contributed by atoms with Crippen LogP contribution in [-0.4, -0.2) is 31.5 Å². The maximum absolute atomic E-state index is 12.9. The van der Waals surface area contributed by atoms with Gasteiger partial charge >= 0.3 is 6.18 Å². The highest BCUT2D eigenvalue weighted by molar-refractivity contribution is 4.87. The van der Waals surface area contributed by atoms with E-state index < -0.39 is 18.1 Å². The fraction of sp³-hybridized carbons (Fsp3) is 1.00. The third kappa shape index (κ3) is 3.38. The Bertz CT molecular complexity index is 269. The minimum Gasteiger partial charge on any atom is -0.378 e. The predicted molar refractivity (Wildman–Crippen MR) is 63.3 cm³/mol. The van der Waals surface area contributed by atoms with Gasteiger partial charge in [0.05, 0.1) is 12.0 Å². The van der Waals surface area contributed by atoms with Crippen LogP contribution in [0.25, 0.3) is 0 Å². The minimum atomic E-state index is -4.06. The van der Waals surface area contributed by atoms with Gasteiger partial charge in [-0.15, -0.1) is 0 Å². The van der Waals surface area contributed by atoms with Crippen molar-refractivity contribution >= 4 is 0 Å². The maximum Gasteiger partial charge on any atom is 0.393 e. The van der Waals surface area contributed by atoms with Gasteiger partial charge in [-0.1, -0.05) is 12.8 Å². The zero-order valence-electron chi connectivity index (χ0n) is 10.8. The molecular formula is C13H22F3NO. The Morgan fingerprint density at radius 3 is 2.50 bits per heavy atom. The summed E-state index contributed by atoms with van der Waals surface area (Å²) < 4.78 is 44.1. The first kappa shape index (κ1) is 14.1. The lowest BCUT2D eigenvalue weighted by atomic mass is 9.83. The number of alkyl halides is 3. The van der Waals surface area contributed by atoms with Gasteiger partial charge in [-0.25, -0.2) is 0 Å². The summed E-state index contributed by atoms with van der Waals surface area (Å²) >= 11 is 0. The lowest BCUT2D eigenvalue weighted by Crippen LogP contribution is -2.47. The van der Waals surface area contributed by atoms with Gasteiger partial charge in [0.2, 0.25) is 0 Å². The van der Waals surface area contributed by atoms with Gasteiger partial charge in [0.1, 0.15) is 0 Å². The topological polar surface area (TPSA) is 21.3 Å². The van der Waals surface area contributed by atoms with E-state index >= 15 is 0 Å². The van der Waals surface area contributed by atoms with Crippen molar-refractivity contribution in [1.82, 2.24) is 5.32 Å². The molecule has 2 rings (SSSR count). The first-order valence-electron chi connectivity index (χ1n) is 6.90. The lowest BCUT2D eigenvalue weighted by Gasteiger charge is -2.34. The Balaban J connectivity index is 1.86. The van der Waals surface area contributed by atoms with Gasteiger partial charge < -0.3 is 10.1 Å². The van der Waals surface area contributed by atoms with Crippen LogP contribution in [0.3, 0.4) is 0 Å². The number of nitrogens with one attached hydrogen (secondary N) is 1. The van der Waals surface area contributed by atoms with Crippen LogP contribution in [0.4, 0.5) is 13.2 Å². The first-order valence-corrected chi connectivity index (χ1v) is 6.90. The molecule has 1 saturated heterocycles. The molecule has 5 heteroatoms. The zero-order valence-corrected chi connectivity index (χ0v) is 10.8. The molecule has 2 nitrogen and oxygen atoms in total. The Kier molecular flexibility index (Phi) is 4.54. The molecule has 1 saturated carbocycles. The smallest absolute Gasteiger partial charge is 0.378 e. The van der Waals surface area contributed by atoms with E-state index in [2.05, 4.69) is 5.32 Å². The summed E-state index contributed by atoms with van der Waals surface area (Å²) in [6, 6.07) is -0.397. The van der Waals surface area contributed by atoms with Crippen molar-refractivity contribution in [2.45, 2.75) is 57.3 Å². The SMILES string of the molecule is CC1OCCC1CNC1CCCCC1C(F)(F)F. The van der Waals surface area contributed by atoms with E-state index in [9.17, 15) is 13.2 Å². The van der Waals surface area contributed by atoms with Gasteiger partial charge in [0, 0.05) is 19.2 Å². The molecule has 4 atom stereocenters. The monoisotopic (exact) mass is 265 g/mol. The quantitative estimate of drug-likeness (QED) is 0.846. The van der Waals surface area contributed by atoms with Crippen molar-refractivity contribution in [3.8, 4) is 0 Å². The van der Waals surface area contributed by atoms with Crippen LogP contribution in [0.2, 0.25) is 0 Å². The Morgan fingerprint density at radius 2 is 1.89 bits per heavy atom. The molecule has 0 bridgehead atoms. The molecule has 2 fully saturated rings. The molecule has 106 valence electrons. The molecule has 0 spiro atoms. The molecule has 1 N–H and O–H groups in total. The highest BCUT2D eigenvalue weighted by Gasteiger charge is 2.45. The number of rotatable bonds is 3. The maximum atomic E-state index is 12.9. The summed E-state index contributed by atoms with van der Waals surface area (Å²) in [4.78, 5) is 0. The van der Waals surface area contributed by atoms with Crippen LogP contribution in [0, 0.1) is 11.8 Å². The summed E-state index contributed by atoms with van der Waals surface area (Å²) in [6.45, 7) is 3.39. The summed E-state index contributed by atoms with van der Waals surface area (Å²) in [6.07, 6.45) is -0.408. The lowest BCUT2D eigenvalue weighted by molar-refractivity contribution is -0.189. The van der Waals surface area contributed by atoms with E-state index in [1.165, 1.54) is 0 Å². The number of hydrogen-bond donors (Lipinski definition) is 1. The van der Waals surface area contributed by atoms with Crippen molar-refractivity contribution in [1.29, 1.82) is 0 Å². The highest BCUT2D eigenvalue weighted by atomic mass is 19.4. The molecule has 18 heavy (non-hydrogen) atoms. The van der Waals surface area contributed by atoms with Crippen LogP contribution < -0.4 is 5.32 Å². The second-order valence-electron chi connectivity index (χ2n) is 5.57. The molecule has 4 unspecified atom stereocenters. The summed E-state index contributed by atoms with van der Waals surface area (Å²) in [7, 11) is 0. The molecule has 1 aliphatic carbocycles. The van der Waals surface area contributed by atoms with Crippen LogP contribution in [0.1, 0.15) is 39.0 Å². The molecule has 0 radical (unpaired) electrons. The fourth-order valence-corrected chi connectivity index (χ4v) is 3.11. The van der Waals surface area contributed by atoms with E-state index in [1.807, 2.05) is 6.92 Å². The van der Waals surface area contributed by atoms with Crippen molar-refractivity contribution in [3.63, 3.8) is 0 Å². The molecule has 2 aliphatic rings. The Hall–Kier alpha value is -0.290. The van der Waals surface area contributed by atoms with Crippen LogP contribution in [0.15, 0.2) is 0 Å². The number of hydrogen-bond acceptors (Lipinski definition) is 2. The second-order valence-corrected chi connectivity index (χ2v) is 5.57. The van der Waals surface area contributed by atoms with Crippen molar-refractivity contribution < 1.29 is 17.9 Å². The number of ether oxygens (including phenoxy) is 1. The van der Waals surface area contributed by atoms with Gasteiger partial charge in [0.15, 0.2) is 0 Å². The van der Waals surface area contributed by atoms with E-state index in [1.54, 1.807) is 0 Å². The minimum absolute atomic E-state index is 0.172. The van der Waals surface area contributed by atoms with Crippen molar-refractivity contribution in [3.05, 3.63) is 0 Å². The van der Waals surface area contributed by atoms with E-state index in [0.29, 0.717) is 25.3 Å². The van der Waals surface area contributed by atoms with Crippen molar-refractivity contribution in [2.24, 2.45) is 11.8 Å². The fourth-order valence-electron chi connectivity index (χ4n) is 3.11. The Labute approximate surface area is 106 Å². The molecule has 0 aromatic carbocycles. The predicted octanol–water partition coefficient (Wildman–Crippen LogP) is 3.12. The van der Waals surface area contributed by atoms with Gasteiger partial charge in [-0.3, -0.25) is 0 Å². The molecule has 0 aromatic rings. The van der Waals surface area contributed by atoms with E-state index in [0.717, 1.165) is 19.4 Å². The van der Waals surface area contributed by atoms with E-state index in [-0.39, 0.29) is 12.5 Å². The summed E-state index contributed by atoms with van der Waals surface area (Å²) in [5.41, 5.74) is 0. The third-order valence-electron chi connectivity index (χ3n) is 4.36. The van der Waals surface area contributed by atoms with Gasteiger partial charge in [0.25, 0.3) is 0 Å². The van der Waals surface area contributed by atoms with Crippen LogP contribution in [0.5, 0.6) is 0 Å².